The molecule has 1 unspecified atom stereocenters. The van der Waals surface area contributed by atoms with E-state index in [4.69, 9.17) is 20.3 Å². The van der Waals surface area contributed by atoms with Crippen molar-refractivity contribution >= 4 is 21.9 Å². The van der Waals surface area contributed by atoms with Crippen LogP contribution in [0, 0.1) is 0 Å². The third-order valence-corrected chi connectivity index (χ3v) is 2.98. The maximum absolute atomic E-state index is 11.1. The number of nitrogens with two attached hydrogens (primary N) is 1. The summed E-state index contributed by atoms with van der Waals surface area (Å²) in [4.78, 5) is 11.1. The standard InChI is InChI=1S/C11H14BrNO4/c1-16-6-3-7(8(5-13)11(14)15)10(17-2)9(12)4-6/h3-4,8H,5,13H2,1-2H3,(H,14,15). The second-order valence-corrected chi connectivity index (χ2v) is 4.21. The van der Waals surface area contributed by atoms with Gasteiger partial charge in [0.05, 0.1) is 24.6 Å². The number of ether oxygens (including phenoxy) is 2. The number of halogens is 1. The van der Waals surface area contributed by atoms with E-state index in [1.165, 1.54) is 14.2 Å². The van der Waals surface area contributed by atoms with Crippen molar-refractivity contribution in [1.82, 2.24) is 0 Å². The van der Waals surface area contributed by atoms with Gasteiger partial charge in [0.15, 0.2) is 0 Å². The Bertz CT molecular complexity index is 422. The Morgan fingerprint density at radius 1 is 1.47 bits per heavy atom. The van der Waals surface area contributed by atoms with E-state index < -0.39 is 11.9 Å². The number of carboxylic acids is 1. The van der Waals surface area contributed by atoms with Crippen LogP contribution in [0.3, 0.4) is 0 Å². The summed E-state index contributed by atoms with van der Waals surface area (Å²) in [6, 6.07) is 3.33. The van der Waals surface area contributed by atoms with Crippen LogP contribution >= 0.6 is 15.9 Å². The van der Waals surface area contributed by atoms with Crippen molar-refractivity contribution in [2.75, 3.05) is 20.8 Å². The highest BCUT2D eigenvalue weighted by molar-refractivity contribution is 9.10. The van der Waals surface area contributed by atoms with Crippen LogP contribution in [0.1, 0.15) is 11.5 Å². The van der Waals surface area contributed by atoms with Crippen molar-refractivity contribution in [3.63, 3.8) is 0 Å². The summed E-state index contributed by atoms with van der Waals surface area (Å²) in [7, 11) is 2.99. The molecule has 0 aliphatic heterocycles. The van der Waals surface area contributed by atoms with E-state index in [-0.39, 0.29) is 6.54 Å². The number of carbonyl (C=O) groups is 1. The summed E-state index contributed by atoms with van der Waals surface area (Å²) < 4.78 is 10.9. The van der Waals surface area contributed by atoms with Gasteiger partial charge in [-0.15, -0.1) is 0 Å². The molecule has 0 heterocycles. The lowest BCUT2D eigenvalue weighted by Gasteiger charge is -2.17. The molecule has 0 fully saturated rings. The molecule has 0 radical (unpaired) electrons. The minimum atomic E-state index is -0.994. The summed E-state index contributed by atoms with van der Waals surface area (Å²) in [6.07, 6.45) is 0. The van der Waals surface area contributed by atoms with Gasteiger partial charge in [0.25, 0.3) is 0 Å². The molecule has 0 aliphatic carbocycles. The molecule has 1 aromatic carbocycles. The number of carboxylic acid groups (broad SMARTS) is 1. The van der Waals surface area contributed by atoms with Gasteiger partial charge in [-0.25, -0.2) is 0 Å². The smallest absolute Gasteiger partial charge is 0.312 e. The van der Waals surface area contributed by atoms with Crippen molar-refractivity contribution in [3.8, 4) is 11.5 Å². The quantitative estimate of drug-likeness (QED) is 0.863. The molecule has 17 heavy (non-hydrogen) atoms. The Kier molecular flexibility index (Phi) is 4.77. The second-order valence-electron chi connectivity index (χ2n) is 3.36. The van der Waals surface area contributed by atoms with Crippen LogP contribution < -0.4 is 15.2 Å². The fraction of sp³-hybridized carbons (Fsp3) is 0.364. The van der Waals surface area contributed by atoms with Gasteiger partial charge < -0.3 is 20.3 Å². The largest absolute Gasteiger partial charge is 0.497 e. The van der Waals surface area contributed by atoms with Crippen LogP contribution in [0.4, 0.5) is 0 Å². The first kappa shape index (κ1) is 13.8. The highest BCUT2D eigenvalue weighted by Crippen LogP contribution is 2.37. The summed E-state index contributed by atoms with van der Waals surface area (Å²) in [5.41, 5.74) is 5.97. The average Bonchev–Trinajstić information content (AvgIpc) is 2.29. The maximum atomic E-state index is 11.1. The lowest BCUT2D eigenvalue weighted by atomic mass is 9.98. The zero-order chi connectivity index (χ0) is 13.0. The van der Waals surface area contributed by atoms with Gasteiger partial charge in [0.2, 0.25) is 0 Å². The van der Waals surface area contributed by atoms with Gasteiger partial charge in [0, 0.05) is 12.1 Å². The van der Waals surface area contributed by atoms with Crippen molar-refractivity contribution in [3.05, 3.63) is 22.2 Å². The molecule has 0 saturated heterocycles. The van der Waals surface area contributed by atoms with Crippen LogP contribution in [-0.2, 0) is 4.79 Å². The first-order valence-corrected chi connectivity index (χ1v) is 5.68. The summed E-state index contributed by atoms with van der Waals surface area (Å²) in [5, 5.41) is 9.11. The topological polar surface area (TPSA) is 81.8 Å². The van der Waals surface area contributed by atoms with Crippen LogP contribution in [0.25, 0.3) is 0 Å². The number of rotatable bonds is 5. The van der Waals surface area contributed by atoms with E-state index in [1.54, 1.807) is 12.1 Å². The van der Waals surface area contributed by atoms with Gasteiger partial charge in [-0.2, -0.15) is 0 Å². The third-order valence-electron chi connectivity index (χ3n) is 2.39. The Morgan fingerprint density at radius 3 is 2.53 bits per heavy atom. The monoisotopic (exact) mass is 303 g/mol. The molecule has 1 atom stereocenters. The van der Waals surface area contributed by atoms with E-state index in [0.29, 0.717) is 21.5 Å². The molecule has 0 aliphatic rings. The Hall–Kier alpha value is -1.27. The lowest BCUT2D eigenvalue weighted by molar-refractivity contribution is -0.138. The molecule has 3 N–H and O–H groups in total. The fourth-order valence-corrected chi connectivity index (χ4v) is 2.16. The highest BCUT2D eigenvalue weighted by Gasteiger charge is 2.24. The molecular weight excluding hydrogens is 290 g/mol. The van der Waals surface area contributed by atoms with Gasteiger partial charge in [-0.05, 0) is 28.1 Å². The number of benzene rings is 1. The van der Waals surface area contributed by atoms with Gasteiger partial charge in [0.1, 0.15) is 11.5 Å². The minimum Gasteiger partial charge on any atom is -0.497 e. The Labute approximate surface area is 108 Å². The second kappa shape index (κ2) is 5.88. The normalized spacial score (nSPS) is 12.0. The van der Waals surface area contributed by atoms with Crippen molar-refractivity contribution in [1.29, 1.82) is 0 Å². The van der Waals surface area contributed by atoms with E-state index in [9.17, 15) is 4.79 Å². The predicted molar refractivity (Wildman–Crippen MR) is 66.7 cm³/mol. The fourth-order valence-electron chi connectivity index (χ4n) is 1.54. The molecule has 6 heteroatoms. The molecule has 0 bridgehead atoms. The summed E-state index contributed by atoms with van der Waals surface area (Å²) >= 11 is 3.31. The van der Waals surface area contributed by atoms with Crippen LogP contribution in [0.2, 0.25) is 0 Å². The van der Waals surface area contributed by atoms with Crippen LogP contribution in [-0.4, -0.2) is 31.8 Å². The molecule has 0 amide bonds. The first-order chi connectivity index (χ1) is 8.04. The minimum absolute atomic E-state index is 0.00863. The summed E-state index contributed by atoms with van der Waals surface area (Å²) in [6.45, 7) is -0.00863. The molecule has 0 saturated carbocycles. The van der Waals surface area contributed by atoms with Crippen LogP contribution in [0.5, 0.6) is 11.5 Å². The molecule has 1 rings (SSSR count). The first-order valence-electron chi connectivity index (χ1n) is 4.89. The molecular formula is C11H14BrNO4. The lowest BCUT2D eigenvalue weighted by Crippen LogP contribution is -2.21. The number of hydrogen-bond donors (Lipinski definition) is 2. The Balaban J connectivity index is 3.36. The van der Waals surface area contributed by atoms with E-state index >= 15 is 0 Å². The van der Waals surface area contributed by atoms with E-state index in [2.05, 4.69) is 15.9 Å². The van der Waals surface area contributed by atoms with E-state index in [0.717, 1.165) is 0 Å². The molecule has 0 aromatic heterocycles. The van der Waals surface area contributed by atoms with Crippen molar-refractivity contribution < 1.29 is 19.4 Å². The van der Waals surface area contributed by atoms with Gasteiger partial charge in [-0.3, -0.25) is 4.79 Å². The predicted octanol–water partition coefficient (Wildman–Crippen LogP) is 1.59. The highest BCUT2D eigenvalue weighted by atomic mass is 79.9. The number of aliphatic carboxylic acids is 1. The molecule has 94 valence electrons. The SMILES string of the molecule is COc1cc(Br)c(OC)c(C(CN)C(=O)O)c1. The molecule has 5 nitrogen and oxygen atoms in total. The Morgan fingerprint density at radius 2 is 2.12 bits per heavy atom. The third kappa shape index (κ3) is 2.89. The van der Waals surface area contributed by atoms with Crippen molar-refractivity contribution in [2.45, 2.75) is 5.92 Å². The number of methoxy groups -OCH3 is 2. The maximum Gasteiger partial charge on any atom is 0.312 e. The van der Waals surface area contributed by atoms with Crippen molar-refractivity contribution in [2.24, 2.45) is 5.73 Å². The van der Waals surface area contributed by atoms with Crippen LogP contribution in [0.15, 0.2) is 16.6 Å². The zero-order valence-electron chi connectivity index (χ0n) is 9.57. The average molecular weight is 304 g/mol. The molecule has 1 aromatic rings. The number of hydrogen-bond acceptors (Lipinski definition) is 4. The van der Waals surface area contributed by atoms with E-state index in [1.807, 2.05) is 0 Å². The van der Waals surface area contributed by atoms with Gasteiger partial charge >= 0.3 is 5.97 Å². The van der Waals surface area contributed by atoms with Gasteiger partial charge in [-0.1, -0.05) is 0 Å². The zero-order valence-corrected chi connectivity index (χ0v) is 11.2. The summed E-state index contributed by atoms with van der Waals surface area (Å²) in [5.74, 6) is -0.807. The molecule has 0 spiro atoms.